The van der Waals surface area contributed by atoms with Crippen LogP contribution in [0.15, 0.2) is 42.5 Å². The number of rotatable bonds is 3. The average Bonchev–Trinajstić information content (AvgIpc) is 2.29. The van der Waals surface area contributed by atoms with Crippen molar-refractivity contribution in [1.29, 1.82) is 0 Å². The lowest BCUT2D eigenvalue weighted by molar-refractivity contribution is -0.123. The fourth-order valence-corrected chi connectivity index (χ4v) is 1.64. The topological polar surface area (TPSA) is 26.3 Å². The van der Waals surface area contributed by atoms with E-state index in [1.807, 2.05) is 42.5 Å². The van der Waals surface area contributed by atoms with Crippen LogP contribution in [0.5, 0.6) is 5.75 Å². The van der Waals surface area contributed by atoms with Gasteiger partial charge in [0.15, 0.2) is 5.60 Å². The maximum atomic E-state index is 11.2. The molecule has 0 spiro atoms. The second-order valence-electron chi connectivity index (χ2n) is 4.36. The summed E-state index contributed by atoms with van der Waals surface area (Å²) >= 11 is 5.51. The summed E-state index contributed by atoms with van der Waals surface area (Å²) in [6, 6.07) is 13.6. The molecule has 0 atom stereocenters. The highest BCUT2D eigenvalue weighted by atomic mass is 35.5. The first kappa shape index (κ1) is 11.9. The minimum Gasteiger partial charge on any atom is -0.478 e. The van der Waals surface area contributed by atoms with Gasteiger partial charge in [0, 0.05) is 5.39 Å². The van der Waals surface area contributed by atoms with Crippen LogP contribution < -0.4 is 4.74 Å². The summed E-state index contributed by atoms with van der Waals surface area (Å²) in [5.41, 5.74) is -1.02. The standard InChI is InChI=1S/C14H13ClO2/c1-14(2,13(15)16)17-12-9-5-7-10-6-3-4-8-11(10)12/h3-9H,1-2H3. The Labute approximate surface area is 105 Å². The van der Waals surface area contributed by atoms with Crippen molar-refractivity contribution in [1.82, 2.24) is 0 Å². The molecule has 2 aromatic carbocycles. The molecule has 0 aliphatic heterocycles. The number of halogens is 1. The molecule has 2 rings (SSSR count). The third-order valence-corrected chi connectivity index (χ3v) is 3.04. The zero-order valence-electron chi connectivity index (χ0n) is 9.74. The van der Waals surface area contributed by atoms with E-state index in [2.05, 4.69) is 0 Å². The maximum Gasteiger partial charge on any atom is 0.264 e. The molecule has 0 saturated carbocycles. The summed E-state index contributed by atoms with van der Waals surface area (Å²) in [7, 11) is 0. The van der Waals surface area contributed by atoms with Crippen LogP contribution in [0.4, 0.5) is 0 Å². The van der Waals surface area contributed by atoms with Crippen molar-refractivity contribution in [2.24, 2.45) is 0 Å². The number of benzene rings is 2. The summed E-state index contributed by atoms with van der Waals surface area (Å²) in [5.74, 6) is 0.669. The molecule has 0 bridgehead atoms. The fourth-order valence-electron chi connectivity index (χ4n) is 1.60. The van der Waals surface area contributed by atoms with Crippen molar-refractivity contribution >= 4 is 27.6 Å². The molecule has 0 aliphatic carbocycles. The lowest BCUT2D eigenvalue weighted by Gasteiger charge is -2.22. The average molecular weight is 249 g/mol. The van der Waals surface area contributed by atoms with E-state index in [0.29, 0.717) is 5.75 Å². The molecule has 2 nitrogen and oxygen atoms in total. The normalized spacial score (nSPS) is 11.5. The first-order valence-corrected chi connectivity index (χ1v) is 5.75. The number of carbonyl (C=O) groups excluding carboxylic acids is 1. The van der Waals surface area contributed by atoms with Gasteiger partial charge in [-0.3, -0.25) is 4.79 Å². The van der Waals surface area contributed by atoms with Gasteiger partial charge in [-0.1, -0.05) is 36.4 Å². The molecule has 0 aliphatic rings. The monoisotopic (exact) mass is 248 g/mol. The van der Waals surface area contributed by atoms with Gasteiger partial charge in [-0.25, -0.2) is 0 Å². The third kappa shape index (κ3) is 2.42. The molecule has 88 valence electrons. The van der Waals surface area contributed by atoms with E-state index >= 15 is 0 Å². The van der Waals surface area contributed by atoms with Crippen LogP contribution in [0.2, 0.25) is 0 Å². The van der Waals surface area contributed by atoms with Gasteiger partial charge in [-0.15, -0.1) is 0 Å². The largest absolute Gasteiger partial charge is 0.478 e. The van der Waals surface area contributed by atoms with Crippen LogP contribution in [-0.2, 0) is 4.79 Å². The molecule has 2 aromatic rings. The fraction of sp³-hybridized carbons (Fsp3) is 0.214. The second-order valence-corrected chi connectivity index (χ2v) is 4.71. The number of hydrogen-bond acceptors (Lipinski definition) is 2. The minimum absolute atomic E-state index is 0.509. The Morgan fingerprint density at radius 2 is 1.76 bits per heavy atom. The Kier molecular flexibility index (Phi) is 3.07. The van der Waals surface area contributed by atoms with Gasteiger partial charge in [0.25, 0.3) is 5.24 Å². The van der Waals surface area contributed by atoms with Gasteiger partial charge in [0.05, 0.1) is 0 Å². The predicted octanol–water partition coefficient (Wildman–Crippen LogP) is 3.76. The predicted molar refractivity (Wildman–Crippen MR) is 69.5 cm³/mol. The van der Waals surface area contributed by atoms with Crippen LogP contribution in [0.1, 0.15) is 13.8 Å². The maximum absolute atomic E-state index is 11.2. The smallest absolute Gasteiger partial charge is 0.264 e. The van der Waals surface area contributed by atoms with Gasteiger partial charge >= 0.3 is 0 Å². The van der Waals surface area contributed by atoms with E-state index in [9.17, 15) is 4.79 Å². The number of hydrogen-bond donors (Lipinski definition) is 0. The Bertz CT molecular complexity index is 556. The number of ether oxygens (including phenoxy) is 1. The van der Waals surface area contributed by atoms with E-state index in [0.717, 1.165) is 10.8 Å². The van der Waals surface area contributed by atoms with Crippen molar-refractivity contribution in [2.75, 3.05) is 0 Å². The summed E-state index contributed by atoms with van der Waals surface area (Å²) in [6.07, 6.45) is 0. The van der Waals surface area contributed by atoms with Crippen molar-refractivity contribution in [3.05, 3.63) is 42.5 Å². The molecule has 0 unspecified atom stereocenters. The minimum atomic E-state index is -1.02. The van der Waals surface area contributed by atoms with Crippen LogP contribution in [0.3, 0.4) is 0 Å². The quantitative estimate of drug-likeness (QED) is 0.773. The van der Waals surface area contributed by atoms with Crippen LogP contribution in [0.25, 0.3) is 10.8 Å². The third-order valence-electron chi connectivity index (χ3n) is 2.59. The zero-order valence-corrected chi connectivity index (χ0v) is 10.5. The summed E-state index contributed by atoms with van der Waals surface area (Å²) in [5, 5.41) is 1.54. The van der Waals surface area contributed by atoms with Gasteiger partial charge < -0.3 is 4.74 Å². The van der Waals surface area contributed by atoms with E-state index in [1.165, 1.54) is 0 Å². The van der Waals surface area contributed by atoms with Gasteiger partial charge in [-0.2, -0.15) is 0 Å². The van der Waals surface area contributed by atoms with Gasteiger partial charge in [0.2, 0.25) is 0 Å². The Morgan fingerprint density at radius 1 is 1.12 bits per heavy atom. The van der Waals surface area contributed by atoms with Crippen LogP contribution >= 0.6 is 11.6 Å². The molecular formula is C14H13ClO2. The first-order valence-electron chi connectivity index (χ1n) is 5.37. The molecule has 17 heavy (non-hydrogen) atoms. The van der Waals surface area contributed by atoms with Crippen molar-refractivity contribution < 1.29 is 9.53 Å². The van der Waals surface area contributed by atoms with Crippen molar-refractivity contribution in [2.45, 2.75) is 19.4 Å². The molecule has 0 radical (unpaired) electrons. The molecule has 3 heteroatoms. The van der Waals surface area contributed by atoms with E-state index in [1.54, 1.807) is 13.8 Å². The highest BCUT2D eigenvalue weighted by Crippen LogP contribution is 2.29. The van der Waals surface area contributed by atoms with Gasteiger partial charge in [0.1, 0.15) is 5.75 Å². The second kappa shape index (κ2) is 4.38. The molecule has 0 saturated heterocycles. The zero-order chi connectivity index (χ0) is 12.5. The lowest BCUT2D eigenvalue weighted by atomic mass is 10.1. The van der Waals surface area contributed by atoms with Crippen molar-refractivity contribution in [3.8, 4) is 5.75 Å². The first-order chi connectivity index (χ1) is 8.00. The lowest BCUT2D eigenvalue weighted by Crippen LogP contribution is -2.34. The molecule has 0 fully saturated rings. The van der Waals surface area contributed by atoms with Crippen molar-refractivity contribution in [3.63, 3.8) is 0 Å². The van der Waals surface area contributed by atoms with Crippen LogP contribution in [-0.4, -0.2) is 10.8 Å². The molecule has 0 N–H and O–H groups in total. The number of carbonyl (C=O) groups is 1. The summed E-state index contributed by atoms with van der Waals surface area (Å²) in [4.78, 5) is 11.2. The SMILES string of the molecule is CC(C)(Oc1cccc2ccccc12)C(=O)Cl. The summed E-state index contributed by atoms with van der Waals surface area (Å²) in [6.45, 7) is 3.31. The Balaban J connectivity index is 2.46. The van der Waals surface area contributed by atoms with E-state index in [-0.39, 0.29) is 0 Å². The van der Waals surface area contributed by atoms with E-state index < -0.39 is 10.8 Å². The number of fused-ring (bicyclic) bond motifs is 1. The van der Waals surface area contributed by atoms with E-state index in [4.69, 9.17) is 16.3 Å². The Morgan fingerprint density at radius 3 is 2.47 bits per heavy atom. The van der Waals surface area contributed by atoms with Crippen LogP contribution in [0, 0.1) is 0 Å². The van der Waals surface area contributed by atoms with Gasteiger partial charge in [-0.05, 0) is 36.9 Å². The summed E-state index contributed by atoms with van der Waals surface area (Å²) < 4.78 is 5.70. The Hall–Kier alpha value is -1.54. The molecule has 0 amide bonds. The molecular weight excluding hydrogens is 236 g/mol. The highest BCUT2D eigenvalue weighted by Gasteiger charge is 2.28. The highest BCUT2D eigenvalue weighted by molar-refractivity contribution is 6.65. The molecule has 0 aromatic heterocycles. The molecule has 0 heterocycles.